The summed E-state index contributed by atoms with van der Waals surface area (Å²) in [5, 5.41) is 0. The minimum absolute atomic E-state index is 0.532. The van der Waals surface area contributed by atoms with Gasteiger partial charge in [0.1, 0.15) is 12.4 Å². The van der Waals surface area contributed by atoms with E-state index in [9.17, 15) is 0 Å². The van der Waals surface area contributed by atoms with Crippen LogP contribution >= 0.6 is 0 Å². The number of rotatable bonds is 3. The summed E-state index contributed by atoms with van der Waals surface area (Å²) in [6.07, 6.45) is 0. The van der Waals surface area contributed by atoms with Crippen LogP contribution in [0.2, 0.25) is 0 Å². The molecule has 0 atom stereocenters. The molecule has 4 N–H and O–H groups in total. The summed E-state index contributed by atoms with van der Waals surface area (Å²) in [4.78, 5) is 0. The molecule has 66 valence electrons. The van der Waals surface area contributed by atoms with E-state index in [-0.39, 0.29) is 0 Å². The largest absolute Gasteiger partial charge is 0.492 e. The van der Waals surface area contributed by atoms with Crippen LogP contribution < -0.4 is 16.2 Å². The van der Waals surface area contributed by atoms with Crippen LogP contribution in [-0.4, -0.2) is 13.2 Å². The van der Waals surface area contributed by atoms with E-state index in [1.165, 1.54) is 0 Å². The molecule has 0 fully saturated rings. The lowest BCUT2D eigenvalue weighted by Gasteiger charge is -2.07. The smallest absolute Gasteiger partial charge is 0.122 e. The molecule has 0 saturated heterocycles. The number of nitrogen functional groups attached to an aromatic ring is 1. The first kappa shape index (κ1) is 8.87. The zero-order chi connectivity index (χ0) is 8.97. The maximum Gasteiger partial charge on any atom is 0.122 e. The van der Waals surface area contributed by atoms with Crippen LogP contribution in [0.1, 0.15) is 5.56 Å². The quantitative estimate of drug-likeness (QED) is 0.656. The number of benzene rings is 1. The van der Waals surface area contributed by atoms with Gasteiger partial charge in [-0.1, -0.05) is 0 Å². The normalized spacial score (nSPS) is 9.83. The molecule has 0 aliphatic carbocycles. The zero-order valence-electron chi connectivity index (χ0n) is 7.21. The van der Waals surface area contributed by atoms with E-state index < -0.39 is 0 Å². The van der Waals surface area contributed by atoms with Crippen molar-refractivity contribution in [2.24, 2.45) is 5.73 Å². The Morgan fingerprint density at radius 1 is 1.42 bits per heavy atom. The van der Waals surface area contributed by atoms with Gasteiger partial charge < -0.3 is 16.2 Å². The first-order chi connectivity index (χ1) is 5.74. The van der Waals surface area contributed by atoms with Crippen LogP contribution in [0.5, 0.6) is 5.75 Å². The van der Waals surface area contributed by atoms with Crippen molar-refractivity contribution in [3.63, 3.8) is 0 Å². The van der Waals surface area contributed by atoms with Crippen molar-refractivity contribution in [3.05, 3.63) is 23.8 Å². The van der Waals surface area contributed by atoms with Gasteiger partial charge in [-0.25, -0.2) is 0 Å². The molecule has 1 rings (SSSR count). The van der Waals surface area contributed by atoms with Gasteiger partial charge in [-0.15, -0.1) is 0 Å². The van der Waals surface area contributed by atoms with E-state index in [0.717, 1.165) is 17.0 Å². The van der Waals surface area contributed by atoms with E-state index in [1.807, 2.05) is 25.1 Å². The molecular formula is C9H14N2O. The van der Waals surface area contributed by atoms with Gasteiger partial charge in [0, 0.05) is 12.2 Å². The van der Waals surface area contributed by atoms with E-state index in [2.05, 4.69) is 0 Å². The third-order valence-electron chi connectivity index (χ3n) is 1.57. The number of anilines is 1. The third-order valence-corrected chi connectivity index (χ3v) is 1.57. The predicted molar refractivity (Wildman–Crippen MR) is 50.1 cm³/mol. The minimum Gasteiger partial charge on any atom is -0.492 e. The fraction of sp³-hybridized carbons (Fsp3) is 0.333. The van der Waals surface area contributed by atoms with Gasteiger partial charge in [0.05, 0.1) is 0 Å². The molecule has 0 saturated carbocycles. The Hall–Kier alpha value is -1.22. The second-order valence-corrected chi connectivity index (χ2v) is 2.66. The SMILES string of the molecule is Cc1cc(N)ccc1OCCN. The van der Waals surface area contributed by atoms with Crippen molar-refractivity contribution < 1.29 is 4.74 Å². The summed E-state index contributed by atoms with van der Waals surface area (Å²) in [6.45, 7) is 3.04. The standard InChI is InChI=1S/C9H14N2O/c1-7-6-8(11)2-3-9(7)12-5-4-10/h2-3,6H,4-5,10-11H2,1H3. The fourth-order valence-electron chi connectivity index (χ4n) is 1.00. The molecule has 0 aromatic heterocycles. The molecule has 0 aliphatic heterocycles. The van der Waals surface area contributed by atoms with Crippen molar-refractivity contribution in [2.45, 2.75) is 6.92 Å². The Bertz CT molecular complexity index is 261. The van der Waals surface area contributed by atoms with Crippen molar-refractivity contribution in [1.82, 2.24) is 0 Å². The summed E-state index contributed by atoms with van der Waals surface area (Å²) >= 11 is 0. The van der Waals surface area contributed by atoms with E-state index in [1.54, 1.807) is 0 Å². The van der Waals surface area contributed by atoms with Gasteiger partial charge in [0.25, 0.3) is 0 Å². The average molecular weight is 166 g/mol. The minimum atomic E-state index is 0.532. The molecule has 0 heterocycles. The second-order valence-electron chi connectivity index (χ2n) is 2.66. The Morgan fingerprint density at radius 2 is 2.17 bits per heavy atom. The Morgan fingerprint density at radius 3 is 2.75 bits per heavy atom. The molecule has 0 radical (unpaired) electrons. The molecule has 3 heteroatoms. The van der Waals surface area contributed by atoms with Crippen molar-refractivity contribution in [2.75, 3.05) is 18.9 Å². The van der Waals surface area contributed by atoms with Gasteiger partial charge in [-0.05, 0) is 30.7 Å². The highest BCUT2D eigenvalue weighted by atomic mass is 16.5. The summed E-state index contributed by atoms with van der Waals surface area (Å²) in [5.74, 6) is 0.856. The molecule has 12 heavy (non-hydrogen) atoms. The molecule has 1 aromatic rings. The van der Waals surface area contributed by atoms with E-state index >= 15 is 0 Å². The van der Waals surface area contributed by atoms with Gasteiger partial charge >= 0.3 is 0 Å². The van der Waals surface area contributed by atoms with Crippen LogP contribution in [0, 0.1) is 6.92 Å². The van der Waals surface area contributed by atoms with E-state index in [4.69, 9.17) is 16.2 Å². The number of ether oxygens (including phenoxy) is 1. The topological polar surface area (TPSA) is 61.3 Å². The summed E-state index contributed by atoms with van der Waals surface area (Å²) in [5.41, 5.74) is 12.7. The van der Waals surface area contributed by atoms with Crippen LogP contribution in [0.4, 0.5) is 5.69 Å². The number of hydrogen-bond acceptors (Lipinski definition) is 3. The lowest BCUT2D eigenvalue weighted by atomic mass is 10.2. The van der Waals surface area contributed by atoms with Crippen molar-refractivity contribution in [3.8, 4) is 5.75 Å². The molecule has 3 nitrogen and oxygen atoms in total. The first-order valence-electron chi connectivity index (χ1n) is 3.93. The lowest BCUT2D eigenvalue weighted by molar-refractivity contribution is 0.326. The Kier molecular flexibility index (Phi) is 2.94. The maximum absolute atomic E-state index is 5.58. The molecule has 1 aromatic carbocycles. The summed E-state index contributed by atoms with van der Waals surface area (Å²) in [6, 6.07) is 5.56. The number of hydrogen-bond donors (Lipinski definition) is 2. The lowest BCUT2D eigenvalue weighted by Crippen LogP contribution is -2.11. The van der Waals surface area contributed by atoms with Crippen LogP contribution in [-0.2, 0) is 0 Å². The maximum atomic E-state index is 5.58. The molecular weight excluding hydrogens is 152 g/mol. The Balaban J connectivity index is 2.72. The number of aryl methyl sites for hydroxylation is 1. The predicted octanol–water partition coefficient (Wildman–Crippen LogP) is 0.915. The van der Waals surface area contributed by atoms with Crippen molar-refractivity contribution in [1.29, 1.82) is 0 Å². The molecule has 0 unspecified atom stereocenters. The van der Waals surface area contributed by atoms with Gasteiger partial charge in [-0.2, -0.15) is 0 Å². The fourth-order valence-corrected chi connectivity index (χ4v) is 1.00. The van der Waals surface area contributed by atoms with Gasteiger partial charge in [-0.3, -0.25) is 0 Å². The molecule has 0 aliphatic rings. The summed E-state index contributed by atoms with van der Waals surface area (Å²) in [7, 11) is 0. The first-order valence-corrected chi connectivity index (χ1v) is 3.93. The Labute approximate surface area is 72.3 Å². The molecule has 0 amide bonds. The molecule has 0 spiro atoms. The van der Waals surface area contributed by atoms with E-state index in [0.29, 0.717) is 13.2 Å². The highest BCUT2D eigenvalue weighted by Gasteiger charge is 1.97. The third kappa shape index (κ3) is 2.13. The van der Waals surface area contributed by atoms with Gasteiger partial charge in [0.2, 0.25) is 0 Å². The highest BCUT2D eigenvalue weighted by Crippen LogP contribution is 2.19. The van der Waals surface area contributed by atoms with Crippen LogP contribution in [0.15, 0.2) is 18.2 Å². The number of nitrogens with two attached hydrogens (primary N) is 2. The summed E-state index contributed by atoms with van der Waals surface area (Å²) < 4.78 is 5.36. The highest BCUT2D eigenvalue weighted by molar-refractivity contribution is 5.47. The van der Waals surface area contributed by atoms with Crippen LogP contribution in [0.25, 0.3) is 0 Å². The monoisotopic (exact) mass is 166 g/mol. The van der Waals surface area contributed by atoms with Crippen LogP contribution in [0.3, 0.4) is 0 Å². The van der Waals surface area contributed by atoms with Crippen molar-refractivity contribution >= 4 is 5.69 Å². The zero-order valence-corrected chi connectivity index (χ0v) is 7.21. The average Bonchev–Trinajstić information content (AvgIpc) is 2.03. The second kappa shape index (κ2) is 3.97. The van der Waals surface area contributed by atoms with Gasteiger partial charge in [0.15, 0.2) is 0 Å². The molecule has 0 bridgehead atoms.